The van der Waals surface area contributed by atoms with E-state index in [0.29, 0.717) is 27.8 Å². The van der Waals surface area contributed by atoms with E-state index in [1.54, 1.807) is 42.5 Å². The maximum atomic E-state index is 12.6. The van der Waals surface area contributed by atoms with Crippen molar-refractivity contribution in [3.05, 3.63) is 58.7 Å². The molecule has 150 valence electrons. The monoisotopic (exact) mass is 415 g/mol. The first-order chi connectivity index (χ1) is 13.9. The minimum Gasteiger partial charge on any atom is -0.496 e. The third-order valence-corrected chi connectivity index (χ3v) is 4.37. The van der Waals surface area contributed by atoms with Gasteiger partial charge in [0.2, 0.25) is 5.91 Å². The second kappa shape index (κ2) is 8.66. The Labute approximate surface area is 172 Å². The molecule has 0 spiro atoms. The van der Waals surface area contributed by atoms with E-state index in [0.717, 1.165) is 4.90 Å². The zero-order valence-corrected chi connectivity index (χ0v) is 16.4. The number of imide groups is 1. The number of nitrogens with one attached hydrogen (secondary N) is 2. The van der Waals surface area contributed by atoms with E-state index in [2.05, 4.69) is 10.6 Å². The Kier molecular flexibility index (Phi) is 6.04. The summed E-state index contributed by atoms with van der Waals surface area (Å²) in [6.07, 6.45) is 1.45. The molecule has 1 aliphatic rings. The molecule has 0 saturated carbocycles. The first kappa shape index (κ1) is 20.2. The molecule has 3 rings (SSSR count). The SMILES string of the molecule is COc1ccc(Cl)cc1/C=C1/NC(=O)N(CC(=O)Nc2ccccc2OC)C1=O. The number of para-hydroxylation sites is 2. The molecule has 4 amide bonds. The van der Waals surface area contributed by atoms with Crippen molar-refractivity contribution in [3.63, 3.8) is 0 Å². The molecule has 1 fully saturated rings. The molecule has 0 radical (unpaired) electrons. The van der Waals surface area contributed by atoms with Gasteiger partial charge in [0.25, 0.3) is 5.91 Å². The molecular formula is C20H18ClN3O5. The van der Waals surface area contributed by atoms with Gasteiger partial charge in [-0.05, 0) is 36.4 Å². The summed E-state index contributed by atoms with van der Waals surface area (Å²) in [6.45, 7) is -0.452. The fourth-order valence-electron chi connectivity index (χ4n) is 2.77. The van der Waals surface area contributed by atoms with Crippen molar-refractivity contribution in [2.24, 2.45) is 0 Å². The molecule has 1 aliphatic heterocycles. The van der Waals surface area contributed by atoms with Crippen LogP contribution in [-0.4, -0.2) is 43.5 Å². The second-order valence-electron chi connectivity index (χ2n) is 6.01. The number of ether oxygens (including phenoxy) is 2. The van der Waals surface area contributed by atoms with Crippen LogP contribution in [0, 0.1) is 0 Å². The van der Waals surface area contributed by atoms with Crippen molar-refractivity contribution < 1.29 is 23.9 Å². The van der Waals surface area contributed by atoms with Gasteiger partial charge in [-0.1, -0.05) is 23.7 Å². The Bertz CT molecular complexity index is 1010. The largest absolute Gasteiger partial charge is 0.496 e. The van der Waals surface area contributed by atoms with Crippen molar-refractivity contribution in [1.82, 2.24) is 10.2 Å². The number of benzene rings is 2. The second-order valence-corrected chi connectivity index (χ2v) is 6.45. The minimum absolute atomic E-state index is 0.0145. The number of nitrogens with zero attached hydrogens (tertiary/aromatic N) is 1. The highest BCUT2D eigenvalue weighted by Crippen LogP contribution is 2.26. The summed E-state index contributed by atoms with van der Waals surface area (Å²) in [5, 5.41) is 5.53. The predicted octanol–water partition coefficient (Wildman–Crippen LogP) is 2.89. The van der Waals surface area contributed by atoms with Gasteiger partial charge in [0.05, 0.1) is 19.9 Å². The molecular weight excluding hydrogens is 398 g/mol. The van der Waals surface area contributed by atoms with Crippen LogP contribution in [0.4, 0.5) is 10.5 Å². The van der Waals surface area contributed by atoms with Gasteiger partial charge in [-0.3, -0.25) is 9.59 Å². The molecule has 0 bridgehead atoms. The van der Waals surface area contributed by atoms with Crippen molar-refractivity contribution in [1.29, 1.82) is 0 Å². The summed E-state index contributed by atoms with van der Waals surface area (Å²) in [6, 6.07) is 11.0. The normalized spacial score (nSPS) is 14.7. The first-order valence-corrected chi connectivity index (χ1v) is 8.91. The van der Waals surface area contributed by atoms with Crippen LogP contribution < -0.4 is 20.1 Å². The smallest absolute Gasteiger partial charge is 0.329 e. The molecule has 0 aromatic heterocycles. The quantitative estimate of drug-likeness (QED) is 0.558. The average molecular weight is 416 g/mol. The van der Waals surface area contributed by atoms with Crippen LogP contribution in [0.2, 0.25) is 5.02 Å². The third kappa shape index (κ3) is 4.49. The van der Waals surface area contributed by atoms with Gasteiger partial charge in [-0.15, -0.1) is 0 Å². The number of amides is 4. The third-order valence-electron chi connectivity index (χ3n) is 4.14. The number of halogens is 1. The number of carbonyl (C=O) groups is 3. The molecule has 0 atom stereocenters. The predicted molar refractivity (Wildman–Crippen MR) is 108 cm³/mol. The van der Waals surface area contributed by atoms with Gasteiger partial charge in [-0.25, -0.2) is 9.69 Å². The molecule has 0 unspecified atom stereocenters. The zero-order chi connectivity index (χ0) is 21.0. The average Bonchev–Trinajstić information content (AvgIpc) is 2.96. The van der Waals surface area contributed by atoms with Crippen LogP contribution in [0.5, 0.6) is 11.5 Å². The number of urea groups is 1. The zero-order valence-electron chi connectivity index (χ0n) is 15.7. The standard InChI is InChI=1S/C20H18ClN3O5/c1-28-16-8-7-13(21)9-12(16)10-15-19(26)24(20(27)23-15)11-18(25)22-14-5-3-4-6-17(14)29-2/h3-10H,11H2,1-2H3,(H,22,25)(H,23,27)/b15-10+. The topological polar surface area (TPSA) is 97.0 Å². The summed E-state index contributed by atoms with van der Waals surface area (Å²) in [7, 11) is 2.96. The molecule has 9 heteroatoms. The number of methoxy groups -OCH3 is 2. The van der Waals surface area contributed by atoms with E-state index in [1.165, 1.54) is 20.3 Å². The van der Waals surface area contributed by atoms with E-state index in [-0.39, 0.29) is 5.70 Å². The Morgan fingerprint density at radius 2 is 1.86 bits per heavy atom. The van der Waals surface area contributed by atoms with Gasteiger partial charge in [0.15, 0.2) is 0 Å². The highest BCUT2D eigenvalue weighted by molar-refractivity contribution is 6.30. The summed E-state index contributed by atoms with van der Waals surface area (Å²) < 4.78 is 10.4. The van der Waals surface area contributed by atoms with Crippen molar-refractivity contribution >= 4 is 41.2 Å². The fourth-order valence-corrected chi connectivity index (χ4v) is 2.95. The van der Waals surface area contributed by atoms with Gasteiger partial charge >= 0.3 is 6.03 Å². The van der Waals surface area contributed by atoms with Gasteiger partial charge in [-0.2, -0.15) is 0 Å². The lowest BCUT2D eigenvalue weighted by atomic mass is 10.1. The lowest BCUT2D eigenvalue weighted by Crippen LogP contribution is -2.38. The lowest BCUT2D eigenvalue weighted by molar-refractivity contribution is -0.127. The molecule has 2 N–H and O–H groups in total. The van der Waals surface area contributed by atoms with Crippen LogP contribution in [0.3, 0.4) is 0 Å². The minimum atomic E-state index is -0.697. The highest BCUT2D eigenvalue weighted by Gasteiger charge is 2.35. The number of carbonyl (C=O) groups excluding carboxylic acids is 3. The van der Waals surface area contributed by atoms with Gasteiger partial charge in [0.1, 0.15) is 23.7 Å². The first-order valence-electron chi connectivity index (χ1n) is 8.54. The van der Waals surface area contributed by atoms with Crippen molar-refractivity contribution in [2.45, 2.75) is 0 Å². The van der Waals surface area contributed by atoms with Gasteiger partial charge < -0.3 is 20.1 Å². The molecule has 8 nitrogen and oxygen atoms in total. The van der Waals surface area contributed by atoms with E-state index in [9.17, 15) is 14.4 Å². The molecule has 0 aliphatic carbocycles. The molecule has 1 heterocycles. The number of rotatable bonds is 6. The Hall–Kier alpha value is -3.52. The molecule has 2 aromatic carbocycles. The Morgan fingerprint density at radius 3 is 2.59 bits per heavy atom. The summed E-state index contributed by atoms with van der Waals surface area (Å²) >= 11 is 5.99. The van der Waals surface area contributed by atoms with E-state index < -0.39 is 24.4 Å². The summed E-state index contributed by atoms with van der Waals surface area (Å²) in [4.78, 5) is 38.0. The number of hydrogen-bond donors (Lipinski definition) is 2. The van der Waals surface area contributed by atoms with E-state index in [4.69, 9.17) is 21.1 Å². The van der Waals surface area contributed by atoms with Crippen LogP contribution in [0.1, 0.15) is 5.56 Å². The van der Waals surface area contributed by atoms with Crippen LogP contribution in [-0.2, 0) is 9.59 Å². The fraction of sp³-hybridized carbons (Fsp3) is 0.150. The van der Waals surface area contributed by atoms with Crippen molar-refractivity contribution in [2.75, 3.05) is 26.1 Å². The van der Waals surface area contributed by atoms with Gasteiger partial charge in [0, 0.05) is 10.6 Å². The molecule has 29 heavy (non-hydrogen) atoms. The lowest BCUT2D eigenvalue weighted by Gasteiger charge is -2.13. The number of hydrogen-bond acceptors (Lipinski definition) is 5. The molecule has 1 saturated heterocycles. The molecule has 2 aromatic rings. The van der Waals surface area contributed by atoms with Crippen molar-refractivity contribution in [3.8, 4) is 11.5 Å². The Balaban J connectivity index is 1.75. The highest BCUT2D eigenvalue weighted by atomic mass is 35.5. The van der Waals surface area contributed by atoms with Crippen LogP contribution >= 0.6 is 11.6 Å². The summed E-state index contributed by atoms with van der Waals surface area (Å²) in [5.74, 6) is -0.227. The van der Waals surface area contributed by atoms with E-state index >= 15 is 0 Å². The maximum Gasteiger partial charge on any atom is 0.329 e. The van der Waals surface area contributed by atoms with Crippen LogP contribution in [0.15, 0.2) is 48.2 Å². The van der Waals surface area contributed by atoms with E-state index in [1.807, 2.05) is 0 Å². The summed E-state index contributed by atoms with van der Waals surface area (Å²) in [5.41, 5.74) is 0.969. The maximum absolute atomic E-state index is 12.6. The van der Waals surface area contributed by atoms with Crippen LogP contribution in [0.25, 0.3) is 6.08 Å². The Morgan fingerprint density at radius 1 is 1.14 bits per heavy atom. The number of anilines is 1.